The Bertz CT molecular complexity index is 70.9. The van der Waals surface area contributed by atoms with E-state index < -0.39 is 0 Å². The Balaban J connectivity index is 2.82. The second kappa shape index (κ2) is 4.65. The van der Waals surface area contributed by atoms with Crippen molar-refractivity contribution in [3.63, 3.8) is 0 Å². The predicted molar refractivity (Wildman–Crippen MR) is 34.4 cm³/mol. The second-order valence-electron chi connectivity index (χ2n) is 1.69. The lowest BCUT2D eigenvalue weighted by atomic mass is 10.5. The molecule has 0 aliphatic carbocycles. The van der Waals surface area contributed by atoms with Crippen LogP contribution in [0.1, 0.15) is 13.3 Å². The maximum absolute atomic E-state index is 5.21. The van der Waals surface area contributed by atoms with Gasteiger partial charge in [0.2, 0.25) is 0 Å². The number of ether oxygens (including phenoxy) is 1. The maximum atomic E-state index is 5.21. The third-order valence-electron chi connectivity index (χ3n) is 0.697. The molecule has 2 N–H and O–H groups in total. The smallest absolute Gasteiger partial charge is 0.0888 e. The molecule has 0 aliphatic rings. The Hall–Kier alpha value is -0.500. The third-order valence-corrected chi connectivity index (χ3v) is 0.697. The first kappa shape index (κ1) is 7.50. The van der Waals surface area contributed by atoms with Crippen LogP contribution in [0.2, 0.25) is 0 Å². The van der Waals surface area contributed by atoms with E-state index in [1.165, 1.54) is 0 Å². The summed E-state index contributed by atoms with van der Waals surface area (Å²) in [6.07, 6.45) is 0.910. The minimum absolute atomic E-state index is 0.688. The zero-order valence-corrected chi connectivity index (χ0v) is 5.31. The Kier molecular flexibility index (Phi) is 4.36. The predicted octanol–water partition coefficient (Wildman–Crippen LogP) is 0.885. The van der Waals surface area contributed by atoms with Gasteiger partial charge in [0, 0.05) is 0 Å². The normalized spacial score (nSPS) is 8.75. The van der Waals surface area contributed by atoms with Gasteiger partial charge in [-0.15, -0.1) is 0 Å². The van der Waals surface area contributed by atoms with Crippen molar-refractivity contribution in [2.24, 2.45) is 5.73 Å². The summed E-state index contributed by atoms with van der Waals surface area (Å²) < 4.78 is 5.01. The first-order valence-corrected chi connectivity index (χ1v) is 2.75. The number of hydrogen-bond acceptors (Lipinski definition) is 2. The fourth-order valence-corrected chi connectivity index (χ4v) is 0.330. The van der Waals surface area contributed by atoms with Crippen molar-refractivity contribution in [3.8, 4) is 0 Å². The summed E-state index contributed by atoms with van der Waals surface area (Å²) in [4.78, 5) is 0. The minimum atomic E-state index is 0.688. The van der Waals surface area contributed by atoms with Crippen molar-refractivity contribution in [1.82, 2.24) is 0 Å². The average molecular weight is 115 g/mol. The maximum Gasteiger partial charge on any atom is 0.0888 e. The lowest BCUT2D eigenvalue weighted by Crippen LogP contribution is -2.02. The summed E-state index contributed by atoms with van der Waals surface area (Å²) in [5, 5.41) is 0. The standard InChI is InChI=1S/C6H13NO/c1-6(2)8-5-3-4-7/h1,3-5,7H2,2H3. The zero-order chi connectivity index (χ0) is 6.41. The molecule has 0 unspecified atom stereocenters. The lowest BCUT2D eigenvalue weighted by molar-refractivity contribution is 0.213. The van der Waals surface area contributed by atoms with Crippen LogP contribution in [0.5, 0.6) is 0 Å². The van der Waals surface area contributed by atoms with Crippen LogP contribution in [-0.2, 0) is 4.74 Å². The quantitative estimate of drug-likeness (QED) is 0.436. The summed E-state index contributed by atoms with van der Waals surface area (Å²) in [5.41, 5.74) is 5.21. The highest BCUT2D eigenvalue weighted by atomic mass is 16.5. The summed E-state index contributed by atoms with van der Waals surface area (Å²) in [7, 11) is 0. The van der Waals surface area contributed by atoms with E-state index >= 15 is 0 Å². The van der Waals surface area contributed by atoms with Crippen molar-refractivity contribution in [3.05, 3.63) is 12.3 Å². The third kappa shape index (κ3) is 5.50. The fraction of sp³-hybridized carbons (Fsp3) is 0.667. The molecule has 2 nitrogen and oxygen atoms in total. The molecule has 0 amide bonds. The molecule has 48 valence electrons. The first-order chi connectivity index (χ1) is 3.77. The Labute approximate surface area is 50.3 Å². The van der Waals surface area contributed by atoms with E-state index in [1.807, 2.05) is 6.92 Å². The van der Waals surface area contributed by atoms with E-state index in [1.54, 1.807) is 0 Å². The molecule has 0 radical (unpaired) electrons. The van der Waals surface area contributed by atoms with Gasteiger partial charge in [0.05, 0.1) is 12.4 Å². The minimum Gasteiger partial charge on any atom is -0.499 e. The van der Waals surface area contributed by atoms with Crippen LogP contribution in [0.3, 0.4) is 0 Å². The van der Waals surface area contributed by atoms with Crippen LogP contribution in [-0.4, -0.2) is 13.2 Å². The largest absolute Gasteiger partial charge is 0.499 e. The number of allylic oxidation sites excluding steroid dienone is 1. The van der Waals surface area contributed by atoms with Gasteiger partial charge in [0.15, 0.2) is 0 Å². The molecule has 0 fully saturated rings. The highest BCUT2D eigenvalue weighted by Crippen LogP contribution is 1.89. The zero-order valence-electron chi connectivity index (χ0n) is 5.31. The molecule has 0 rings (SSSR count). The monoisotopic (exact) mass is 115 g/mol. The van der Waals surface area contributed by atoms with E-state index in [-0.39, 0.29) is 0 Å². The van der Waals surface area contributed by atoms with Crippen molar-refractivity contribution in [1.29, 1.82) is 0 Å². The molecule has 0 aromatic rings. The van der Waals surface area contributed by atoms with Gasteiger partial charge in [-0.1, -0.05) is 6.58 Å². The van der Waals surface area contributed by atoms with Gasteiger partial charge in [-0.3, -0.25) is 0 Å². The molecule has 8 heavy (non-hydrogen) atoms. The molecule has 2 heteroatoms. The van der Waals surface area contributed by atoms with Gasteiger partial charge in [-0.05, 0) is 19.9 Å². The van der Waals surface area contributed by atoms with E-state index in [0.29, 0.717) is 13.2 Å². The topological polar surface area (TPSA) is 35.2 Å². The number of hydrogen-bond donors (Lipinski definition) is 1. The number of nitrogens with two attached hydrogens (primary N) is 1. The molecule has 0 aromatic heterocycles. The summed E-state index contributed by atoms with van der Waals surface area (Å²) in [5.74, 6) is 0.762. The van der Waals surface area contributed by atoms with Crippen LogP contribution in [0.4, 0.5) is 0 Å². The van der Waals surface area contributed by atoms with E-state index in [9.17, 15) is 0 Å². The first-order valence-electron chi connectivity index (χ1n) is 2.75. The van der Waals surface area contributed by atoms with Gasteiger partial charge < -0.3 is 10.5 Å². The average Bonchev–Trinajstić information content (AvgIpc) is 1.66. The Morgan fingerprint density at radius 1 is 1.75 bits per heavy atom. The van der Waals surface area contributed by atoms with E-state index in [0.717, 1.165) is 12.2 Å². The molecular weight excluding hydrogens is 102 g/mol. The van der Waals surface area contributed by atoms with Gasteiger partial charge in [-0.2, -0.15) is 0 Å². The molecule has 0 atom stereocenters. The van der Waals surface area contributed by atoms with Crippen LogP contribution in [0.15, 0.2) is 12.3 Å². The van der Waals surface area contributed by atoms with Gasteiger partial charge in [-0.25, -0.2) is 0 Å². The lowest BCUT2D eigenvalue weighted by Gasteiger charge is -2.01. The van der Waals surface area contributed by atoms with Gasteiger partial charge in [0.25, 0.3) is 0 Å². The van der Waals surface area contributed by atoms with E-state index in [2.05, 4.69) is 6.58 Å². The molecule has 0 heterocycles. The van der Waals surface area contributed by atoms with Crippen molar-refractivity contribution >= 4 is 0 Å². The van der Waals surface area contributed by atoms with Gasteiger partial charge >= 0.3 is 0 Å². The van der Waals surface area contributed by atoms with Crippen LogP contribution in [0, 0.1) is 0 Å². The highest BCUT2D eigenvalue weighted by Gasteiger charge is 1.82. The fourth-order valence-electron chi connectivity index (χ4n) is 0.330. The van der Waals surface area contributed by atoms with Gasteiger partial charge in [0.1, 0.15) is 0 Å². The molecule has 0 spiro atoms. The molecular formula is C6H13NO. The highest BCUT2D eigenvalue weighted by molar-refractivity contribution is 4.73. The summed E-state index contributed by atoms with van der Waals surface area (Å²) in [6, 6.07) is 0. The summed E-state index contributed by atoms with van der Waals surface area (Å²) >= 11 is 0. The SMILES string of the molecule is C=C(C)OCCCN. The second-order valence-corrected chi connectivity index (χ2v) is 1.69. The van der Waals surface area contributed by atoms with Crippen molar-refractivity contribution in [2.45, 2.75) is 13.3 Å². The van der Waals surface area contributed by atoms with Crippen molar-refractivity contribution < 1.29 is 4.74 Å². The van der Waals surface area contributed by atoms with Crippen LogP contribution in [0.25, 0.3) is 0 Å². The number of rotatable bonds is 4. The van der Waals surface area contributed by atoms with E-state index in [4.69, 9.17) is 10.5 Å². The Morgan fingerprint density at radius 3 is 2.75 bits per heavy atom. The van der Waals surface area contributed by atoms with Crippen LogP contribution >= 0.6 is 0 Å². The molecule has 0 bridgehead atoms. The molecule has 0 aliphatic heterocycles. The summed E-state index contributed by atoms with van der Waals surface area (Å²) in [6.45, 7) is 6.78. The molecule has 0 aromatic carbocycles. The van der Waals surface area contributed by atoms with Crippen molar-refractivity contribution in [2.75, 3.05) is 13.2 Å². The Morgan fingerprint density at radius 2 is 2.38 bits per heavy atom. The molecule has 0 saturated carbocycles. The van der Waals surface area contributed by atoms with Crippen LogP contribution < -0.4 is 5.73 Å². The molecule has 0 saturated heterocycles.